The fraction of sp³-hybridized carbons (Fsp3) is 0.333. The average Bonchev–Trinajstić information content (AvgIpc) is 2.75. The summed E-state index contributed by atoms with van der Waals surface area (Å²) in [7, 11) is 0. The lowest BCUT2D eigenvalue weighted by Gasteiger charge is -2.17. The van der Waals surface area contributed by atoms with Gasteiger partial charge in [0.2, 0.25) is 0 Å². The van der Waals surface area contributed by atoms with Gasteiger partial charge in [0, 0.05) is 19.9 Å². The van der Waals surface area contributed by atoms with Crippen molar-refractivity contribution in [2.24, 2.45) is 0 Å². The van der Waals surface area contributed by atoms with E-state index in [-0.39, 0.29) is 0 Å². The first-order valence-corrected chi connectivity index (χ1v) is 8.85. The Morgan fingerprint density at radius 3 is 2.68 bits per heavy atom. The highest BCUT2D eigenvalue weighted by Gasteiger charge is 2.12. The fourth-order valence-corrected chi connectivity index (χ4v) is 4.19. The van der Waals surface area contributed by atoms with Gasteiger partial charge in [0.1, 0.15) is 0 Å². The molecule has 1 heterocycles. The van der Waals surface area contributed by atoms with E-state index in [9.17, 15) is 0 Å². The Hall–Kier alpha value is -0.160. The number of likely N-dealkylation sites (N-methyl/N-ethyl adjacent to an activating group) is 1. The molecule has 0 bridgehead atoms. The van der Waals surface area contributed by atoms with Gasteiger partial charge in [-0.25, -0.2) is 0 Å². The molecule has 0 aliphatic rings. The Morgan fingerprint density at radius 1 is 1.21 bits per heavy atom. The Morgan fingerprint density at radius 2 is 2.05 bits per heavy atom. The lowest BCUT2D eigenvalue weighted by molar-refractivity contribution is 0.524. The van der Waals surface area contributed by atoms with Gasteiger partial charge in [-0.2, -0.15) is 0 Å². The van der Waals surface area contributed by atoms with E-state index < -0.39 is 0 Å². The molecule has 19 heavy (non-hydrogen) atoms. The van der Waals surface area contributed by atoms with Gasteiger partial charge in [-0.3, -0.25) is 0 Å². The highest BCUT2D eigenvalue weighted by Crippen LogP contribution is 2.25. The molecule has 4 heteroatoms. The summed E-state index contributed by atoms with van der Waals surface area (Å²) in [4.78, 5) is 1.42. The molecule has 0 aliphatic carbocycles. The van der Waals surface area contributed by atoms with E-state index in [1.165, 1.54) is 14.9 Å². The topological polar surface area (TPSA) is 12.0 Å². The Labute approximate surface area is 135 Å². The second-order valence-corrected chi connectivity index (χ2v) is 7.26. The molecule has 1 N–H and O–H groups in total. The van der Waals surface area contributed by atoms with Gasteiger partial charge in [-0.05, 0) is 64.5 Å². The molecule has 2 rings (SSSR count). The largest absolute Gasteiger partial charge is 0.314 e. The summed E-state index contributed by atoms with van der Waals surface area (Å²) in [6, 6.07) is 11.2. The fourth-order valence-electron chi connectivity index (χ4n) is 2.15. The molecule has 2 aromatic rings. The van der Waals surface area contributed by atoms with E-state index in [0.29, 0.717) is 6.04 Å². The zero-order chi connectivity index (χ0) is 13.7. The van der Waals surface area contributed by atoms with E-state index in [2.05, 4.69) is 79.8 Å². The number of rotatable bonds is 6. The Bertz CT molecular complexity index is 524. The average molecular weight is 403 g/mol. The molecule has 0 saturated heterocycles. The number of hydrogen-bond donors (Lipinski definition) is 1. The van der Waals surface area contributed by atoms with Crippen LogP contribution in [0.15, 0.2) is 44.7 Å². The molecule has 1 unspecified atom stereocenters. The molecule has 1 aromatic heterocycles. The third kappa shape index (κ3) is 4.71. The zero-order valence-electron chi connectivity index (χ0n) is 10.8. The van der Waals surface area contributed by atoms with Gasteiger partial charge in [-0.15, -0.1) is 11.3 Å². The van der Waals surface area contributed by atoms with Crippen LogP contribution in [0.25, 0.3) is 0 Å². The van der Waals surface area contributed by atoms with Crippen LogP contribution in [0, 0.1) is 0 Å². The van der Waals surface area contributed by atoms with Crippen LogP contribution in [0.3, 0.4) is 0 Å². The lowest BCUT2D eigenvalue weighted by atomic mass is 10.0. The van der Waals surface area contributed by atoms with Crippen LogP contribution in [0.5, 0.6) is 0 Å². The monoisotopic (exact) mass is 401 g/mol. The van der Waals surface area contributed by atoms with Crippen LogP contribution in [-0.2, 0) is 12.8 Å². The molecule has 0 fully saturated rings. The highest BCUT2D eigenvalue weighted by atomic mass is 79.9. The van der Waals surface area contributed by atoms with Crippen LogP contribution in [-0.4, -0.2) is 12.6 Å². The summed E-state index contributed by atoms with van der Waals surface area (Å²) < 4.78 is 2.38. The van der Waals surface area contributed by atoms with Crippen molar-refractivity contribution in [1.82, 2.24) is 5.32 Å². The highest BCUT2D eigenvalue weighted by molar-refractivity contribution is 9.10. The van der Waals surface area contributed by atoms with E-state index in [4.69, 9.17) is 0 Å². The van der Waals surface area contributed by atoms with E-state index in [1.807, 2.05) is 11.3 Å². The molecular formula is C15H17Br2NS. The van der Waals surface area contributed by atoms with Crippen molar-refractivity contribution in [2.45, 2.75) is 25.8 Å². The molecule has 0 amide bonds. The van der Waals surface area contributed by atoms with Crippen LogP contribution >= 0.6 is 43.2 Å². The smallest absolute Gasteiger partial charge is 0.0314 e. The van der Waals surface area contributed by atoms with Crippen molar-refractivity contribution in [3.63, 3.8) is 0 Å². The SMILES string of the molecule is CCNC(Cc1cccc(Br)c1)Cc1sccc1Br. The minimum Gasteiger partial charge on any atom is -0.314 e. The zero-order valence-corrected chi connectivity index (χ0v) is 14.8. The summed E-state index contributed by atoms with van der Waals surface area (Å²) in [5, 5.41) is 5.73. The molecule has 1 aromatic carbocycles. The minimum absolute atomic E-state index is 0.481. The normalized spacial score (nSPS) is 12.6. The second kappa shape index (κ2) is 7.58. The van der Waals surface area contributed by atoms with Gasteiger partial charge >= 0.3 is 0 Å². The molecule has 1 atom stereocenters. The van der Waals surface area contributed by atoms with Crippen LogP contribution in [0.1, 0.15) is 17.4 Å². The van der Waals surface area contributed by atoms with Gasteiger partial charge in [0.05, 0.1) is 0 Å². The van der Waals surface area contributed by atoms with Gasteiger partial charge in [0.15, 0.2) is 0 Å². The number of hydrogen-bond acceptors (Lipinski definition) is 2. The molecule has 1 nitrogen and oxygen atoms in total. The van der Waals surface area contributed by atoms with Crippen LogP contribution < -0.4 is 5.32 Å². The van der Waals surface area contributed by atoms with Crippen molar-refractivity contribution in [1.29, 1.82) is 0 Å². The second-order valence-electron chi connectivity index (χ2n) is 4.48. The maximum absolute atomic E-state index is 3.62. The summed E-state index contributed by atoms with van der Waals surface area (Å²) in [5.74, 6) is 0. The van der Waals surface area contributed by atoms with Crippen molar-refractivity contribution >= 4 is 43.2 Å². The van der Waals surface area contributed by atoms with Crippen LogP contribution in [0.4, 0.5) is 0 Å². The van der Waals surface area contributed by atoms with Crippen LogP contribution in [0.2, 0.25) is 0 Å². The maximum atomic E-state index is 3.62. The van der Waals surface area contributed by atoms with Gasteiger partial charge in [0.25, 0.3) is 0 Å². The number of thiophene rings is 1. The molecule has 0 spiro atoms. The first-order chi connectivity index (χ1) is 9.19. The van der Waals surface area contributed by atoms with E-state index in [1.54, 1.807) is 0 Å². The third-order valence-corrected chi connectivity index (χ3v) is 5.43. The lowest BCUT2D eigenvalue weighted by Crippen LogP contribution is -2.32. The number of halogens is 2. The number of benzene rings is 1. The van der Waals surface area contributed by atoms with Gasteiger partial charge in [-0.1, -0.05) is 35.0 Å². The van der Waals surface area contributed by atoms with Crippen molar-refractivity contribution < 1.29 is 0 Å². The molecule has 0 radical (unpaired) electrons. The third-order valence-electron chi connectivity index (χ3n) is 2.99. The Kier molecular flexibility index (Phi) is 6.07. The maximum Gasteiger partial charge on any atom is 0.0314 e. The Balaban J connectivity index is 2.06. The minimum atomic E-state index is 0.481. The summed E-state index contributed by atoms with van der Waals surface area (Å²) >= 11 is 8.98. The molecule has 0 saturated carbocycles. The van der Waals surface area contributed by atoms with Gasteiger partial charge < -0.3 is 5.32 Å². The summed E-state index contributed by atoms with van der Waals surface area (Å²) in [6.07, 6.45) is 2.12. The first kappa shape index (κ1) is 15.2. The quantitative estimate of drug-likeness (QED) is 0.713. The predicted molar refractivity (Wildman–Crippen MR) is 91.0 cm³/mol. The van der Waals surface area contributed by atoms with Crippen molar-refractivity contribution in [3.8, 4) is 0 Å². The number of nitrogens with one attached hydrogen (secondary N) is 1. The molecule has 0 aliphatic heterocycles. The summed E-state index contributed by atoms with van der Waals surface area (Å²) in [6.45, 7) is 3.17. The van der Waals surface area contributed by atoms with Crippen molar-refractivity contribution in [3.05, 3.63) is 55.1 Å². The summed E-state index contributed by atoms with van der Waals surface area (Å²) in [5.41, 5.74) is 1.37. The molecular weight excluding hydrogens is 386 g/mol. The predicted octanol–water partition coefficient (Wildman–Crippen LogP) is 5.04. The standard InChI is InChI=1S/C15H17Br2NS/c1-2-18-13(10-15-14(17)6-7-19-15)9-11-4-3-5-12(16)8-11/h3-8,13,18H,2,9-10H2,1H3. The van der Waals surface area contributed by atoms with E-state index in [0.717, 1.165) is 23.9 Å². The van der Waals surface area contributed by atoms with Crippen molar-refractivity contribution in [2.75, 3.05) is 6.54 Å². The first-order valence-electron chi connectivity index (χ1n) is 6.38. The van der Waals surface area contributed by atoms with E-state index >= 15 is 0 Å². The molecule has 102 valence electrons.